The molecule has 0 spiro atoms. The molecule has 1 aromatic heterocycles. The highest BCUT2D eigenvalue weighted by Crippen LogP contribution is 2.28. The predicted molar refractivity (Wildman–Crippen MR) is 72.5 cm³/mol. The molecule has 0 aliphatic heterocycles. The van der Waals surface area contributed by atoms with Crippen LogP contribution in [0.15, 0.2) is 35.7 Å². The van der Waals surface area contributed by atoms with Crippen LogP contribution >= 0.6 is 11.3 Å². The molecule has 3 nitrogen and oxygen atoms in total. The van der Waals surface area contributed by atoms with E-state index in [1.807, 2.05) is 24.3 Å². The van der Waals surface area contributed by atoms with Crippen LogP contribution in [0.25, 0.3) is 10.4 Å². The topological polar surface area (TPSA) is 46.5 Å². The summed E-state index contributed by atoms with van der Waals surface area (Å²) in [6.07, 6.45) is 0.981. The monoisotopic (exact) mass is 262 g/mol. The molecule has 2 rings (SSSR count). The largest absolute Gasteiger partial charge is 0.494 e. The lowest BCUT2D eigenvalue weighted by Gasteiger charge is -2.04. The first-order valence-corrected chi connectivity index (χ1v) is 6.63. The molecule has 0 unspecified atom stereocenters. The fourth-order valence-corrected chi connectivity index (χ4v) is 2.43. The number of ether oxygens (including phenoxy) is 1. The summed E-state index contributed by atoms with van der Waals surface area (Å²) in [6, 6.07) is 9.40. The number of carboxylic acid groups (broad SMARTS) is 1. The molecule has 0 saturated carbocycles. The maximum Gasteiger partial charge on any atom is 0.336 e. The smallest absolute Gasteiger partial charge is 0.336 e. The predicted octanol–water partition coefficient (Wildman–Crippen LogP) is 3.90. The Kier molecular flexibility index (Phi) is 3.99. The standard InChI is InChI=1S/C14H14O3S/c1-2-7-17-12-5-3-10(4-6-12)13-8-11(9-18-13)14(15)16/h3-6,8-9H,2,7H2,1H3,(H,15,16). The molecular formula is C14H14O3S. The van der Waals surface area contributed by atoms with Crippen molar-refractivity contribution in [1.29, 1.82) is 0 Å². The molecule has 0 aliphatic carbocycles. The molecule has 0 atom stereocenters. The molecule has 1 aromatic carbocycles. The number of benzene rings is 1. The van der Waals surface area contributed by atoms with Crippen molar-refractivity contribution in [2.45, 2.75) is 13.3 Å². The summed E-state index contributed by atoms with van der Waals surface area (Å²) in [5.74, 6) is -0.0454. The average molecular weight is 262 g/mol. The van der Waals surface area contributed by atoms with E-state index >= 15 is 0 Å². The molecule has 1 heterocycles. The number of aromatic carboxylic acids is 1. The Morgan fingerprint density at radius 2 is 2.06 bits per heavy atom. The lowest BCUT2D eigenvalue weighted by atomic mass is 10.1. The molecule has 0 fully saturated rings. The fourth-order valence-electron chi connectivity index (χ4n) is 1.54. The minimum absolute atomic E-state index is 0.335. The second-order valence-electron chi connectivity index (χ2n) is 3.88. The Bertz CT molecular complexity index is 528. The van der Waals surface area contributed by atoms with Gasteiger partial charge in [-0.05, 0) is 42.3 Å². The molecule has 1 N–H and O–H groups in total. The van der Waals surface area contributed by atoms with Gasteiger partial charge in [0.05, 0.1) is 12.2 Å². The van der Waals surface area contributed by atoms with Gasteiger partial charge in [0.25, 0.3) is 0 Å². The summed E-state index contributed by atoms with van der Waals surface area (Å²) in [7, 11) is 0. The van der Waals surface area contributed by atoms with E-state index in [0.29, 0.717) is 12.2 Å². The van der Waals surface area contributed by atoms with Crippen LogP contribution in [0.1, 0.15) is 23.7 Å². The third-order valence-electron chi connectivity index (χ3n) is 2.46. The van der Waals surface area contributed by atoms with Gasteiger partial charge in [-0.25, -0.2) is 4.79 Å². The van der Waals surface area contributed by atoms with E-state index in [2.05, 4.69) is 6.92 Å². The van der Waals surface area contributed by atoms with E-state index in [4.69, 9.17) is 9.84 Å². The van der Waals surface area contributed by atoms with E-state index in [0.717, 1.165) is 22.6 Å². The zero-order chi connectivity index (χ0) is 13.0. The summed E-state index contributed by atoms with van der Waals surface area (Å²) in [5.41, 5.74) is 1.35. The Morgan fingerprint density at radius 3 is 2.61 bits per heavy atom. The van der Waals surface area contributed by atoms with Gasteiger partial charge in [0.2, 0.25) is 0 Å². The SMILES string of the molecule is CCCOc1ccc(-c2cc(C(=O)O)cs2)cc1. The van der Waals surface area contributed by atoms with Gasteiger partial charge in [0.15, 0.2) is 0 Å². The quantitative estimate of drug-likeness (QED) is 0.888. The lowest BCUT2D eigenvalue weighted by Crippen LogP contribution is -1.94. The van der Waals surface area contributed by atoms with Gasteiger partial charge in [-0.2, -0.15) is 0 Å². The van der Waals surface area contributed by atoms with Gasteiger partial charge in [-0.15, -0.1) is 11.3 Å². The molecule has 0 aliphatic rings. The molecule has 94 valence electrons. The number of hydrogen-bond donors (Lipinski definition) is 1. The van der Waals surface area contributed by atoms with Crippen LogP contribution in [0.5, 0.6) is 5.75 Å². The second kappa shape index (κ2) is 5.69. The van der Waals surface area contributed by atoms with Gasteiger partial charge in [-0.3, -0.25) is 0 Å². The molecular weight excluding hydrogens is 248 g/mol. The molecule has 2 aromatic rings. The van der Waals surface area contributed by atoms with Gasteiger partial charge in [0.1, 0.15) is 5.75 Å². The molecule has 0 amide bonds. The van der Waals surface area contributed by atoms with Crippen LogP contribution in [0.3, 0.4) is 0 Å². The van der Waals surface area contributed by atoms with Crippen molar-refractivity contribution in [2.24, 2.45) is 0 Å². The minimum Gasteiger partial charge on any atom is -0.494 e. The van der Waals surface area contributed by atoms with Crippen molar-refractivity contribution in [2.75, 3.05) is 6.61 Å². The first-order valence-electron chi connectivity index (χ1n) is 5.75. The first-order chi connectivity index (χ1) is 8.70. The molecule has 0 radical (unpaired) electrons. The number of rotatable bonds is 5. The van der Waals surface area contributed by atoms with Crippen molar-refractivity contribution in [3.8, 4) is 16.2 Å². The summed E-state index contributed by atoms with van der Waals surface area (Å²) in [6.45, 7) is 2.77. The van der Waals surface area contributed by atoms with Gasteiger partial charge >= 0.3 is 5.97 Å². The first kappa shape index (κ1) is 12.6. The maximum atomic E-state index is 10.8. The lowest BCUT2D eigenvalue weighted by molar-refractivity contribution is 0.0697. The van der Waals surface area contributed by atoms with Gasteiger partial charge in [-0.1, -0.05) is 6.92 Å². The molecule has 0 bridgehead atoms. The van der Waals surface area contributed by atoms with Gasteiger partial charge in [0, 0.05) is 10.3 Å². The van der Waals surface area contributed by atoms with Crippen LogP contribution < -0.4 is 4.74 Å². The van der Waals surface area contributed by atoms with E-state index in [-0.39, 0.29) is 0 Å². The average Bonchev–Trinajstić information content (AvgIpc) is 2.87. The van der Waals surface area contributed by atoms with Crippen molar-refractivity contribution in [3.05, 3.63) is 41.3 Å². The van der Waals surface area contributed by atoms with Crippen molar-refractivity contribution in [3.63, 3.8) is 0 Å². The Labute approximate surface area is 110 Å². The molecule has 4 heteroatoms. The summed E-state index contributed by atoms with van der Waals surface area (Å²) in [4.78, 5) is 11.8. The van der Waals surface area contributed by atoms with Crippen LogP contribution in [-0.2, 0) is 0 Å². The fraction of sp³-hybridized carbons (Fsp3) is 0.214. The number of thiophene rings is 1. The maximum absolute atomic E-state index is 10.8. The number of carboxylic acids is 1. The number of carbonyl (C=O) groups is 1. The van der Waals surface area contributed by atoms with Crippen molar-refractivity contribution >= 4 is 17.3 Å². The van der Waals surface area contributed by atoms with Crippen LogP contribution in [0, 0.1) is 0 Å². The van der Waals surface area contributed by atoms with Crippen molar-refractivity contribution < 1.29 is 14.6 Å². The Hall–Kier alpha value is -1.81. The third kappa shape index (κ3) is 2.90. The third-order valence-corrected chi connectivity index (χ3v) is 3.44. The van der Waals surface area contributed by atoms with E-state index in [1.165, 1.54) is 11.3 Å². The highest BCUT2D eigenvalue weighted by Gasteiger charge is 2.07. The van der Waals surface area contributed by atoms with E-state index < -0.39 is 5.97 Å². The van der Waals surface area contributed by atoms with Crippen LogP contribution in [0.2, 0.25) is 0 Å². The normalized spacial score (nSPS) is 10.3. The molecule has 0 saturated heterocycles. The Morgan fingerprint density at radius 1 is 1.33 bits per heavy atom. The minimum atomic E-state index is -0.889. The zero-order valence-electron chi connectivity index (χ0n) is 10.1. The van der Waals surface area contributed by atoms with Crippen LogP contribution in [0.4, 0.5) is 0 Å². The molecule has 18 heavy (non-hydrogen) atoms. The van der Waals surface area contributed by atoms with Crippen molar-refractivity contribution in [1.82, 2.24) is 0 Å². The zero-order valence-corrected chi connectivity index (χ0v) is 10.9. The van der Waals surface area contributed by atoms with E-state index in [9.17, 15) is 4.79 Å². The highest BCUT2D eigenvalue weighted by molar-refractivity contribution is 7.13. The van der Waals surface area contributed by atoms with E-state index in [1.54, 1.807) is 11.4 Å². The second-order valence-corrected chi connectivity index (χ2v) is 4.79. The summed E-state index contributed by atoms with van der Waals surface area (Å²) >= 11 is 1.43. The van der Waals surface area contributed by atoms with Gasteiger partial charge < -0.3 is 9.84 Å². The summed E-state index contributed by atoms with van der Waals surface area (Å²) in [5, 5.41) is 10.5. The highest BCUT2D eigenvalue weighted by atomic mass is 32.1. The summed E-state index contributed by atoms with van der Waals surface area (Å²) < 4.78 is 5.50. The Balaban J connectivity index is 2.15. The number of hydrogen-bond acceptors (Lipinski definition) is 3. The van der Waals surface area contributed by atoms with Crippen LogP contribution in [-0.4, -0.2) is 17.7 Å².